The molecule has 0 saturated heterocycles. The molecule has 0 aliphatic heterocycles. The lowest BCUT2D eigenvalue weighted by Gasteiger charge is -2.17. The number of hydrogen-bond donors (Lipinski definition) is 2. The molecular formula is C24H26FN3O2. The Morgan fingerprint density at radius 1 is 1.07 bits per heavy atom. The summed E-state index contributed by atoms with van der Waals surface area (Å²) in [5.74, 6) is 1.25. The lowest BCUT2D eigenvalue weighted by molar-refractivity contribution is 0.0951. The Labute approximate surface area is 176 Å². The molecule has 0 bridgehead atoms. The molecule has 1 unspecified atom stereocenters. The zero-order valence-corrected chi connectivity index (χ0v) is 17.4. The molecular weight excluding hydrogens is 381 g/mol. The molecule has 1 aromatic heterocycles. The van der Waals surface area contributed by atoms with Gasteiger partial charge >= 0.3 is 0 Å². The monoisotopic (exact) mass is 407 g/mol. The van der Waals surface area contributed by atoms with Crippen LogP contribution in [0.1, 0.15) is 48.2 Å². The highest BCUT2D eigenvalue weighted by Crippen LogP contribution is 2.29. The molecule has 3 aromatic rings. The van der Waals surface area contributed by atoms with Gasteiger partial charge in [-0.25, -0.2) is 4.98 Å². The van der Waals surface area contributed by atoms with Gasteiger partial charge in [0, 0.05) is 6.54 Å². The minimum Gasteiger partial charge on any atom is -0.457 e. The van der Waals surface area contributed by atoms with Crippen molar-refractivity contribution in [2.45, 2.75) is 33.2 Å². The molecule has 30 heavy (non-hydrogen) atoms. The highest BCUT2D eigenvalue weighted by molar-refractivity contribution is 5.98. The fourth-order valence-electron chi connectivity index (χ4n) is 2.98. The molecule has 6 heteroatoms. The molecule has 0 aliphatic rings. The molecule has 156 valence electrons. The molecule has 0 radical (unpaired) electrons. The standard InChI is InChI=1S/C24H26FN3O2/c1-15(2)16(3)18-5-4-6-20(13-18)30-19-9-7-17(8-10-19)14-27-24(29)21-11-12-22(25)28-23(21)26/h4-13,15-16H,14H2,1-3H3,(H2,26,28)(H,27,29). The molecule has 2 aromatic carbocycles. The summed E-state index contributed by atoms with van der Waals surface area (Å²) >= 11 is 0. The first-order valence-electron chi connectivity index (χ1n) is 9.90. The number of halogens is 1. The van der Waals surface area contributed by atoms with E-state index in [0.29, 0.717) is 24.1 Å². The number of amides is 1. The number of carbonyl (C=O) groups excluding carboxylic acids is 1. The van der Waals surface area contributed by atoms with Gasteiger partial charge in [-0.05, 0) is 59.4 Å². The van der Waals surface area contributed by atoms with E-state index in [0.717, 1.165) is 17.4 Å². The highest BCUT2D eigenvalue weighted by Gasteiger charge is 2.12. The van der Waals surface area contributed by atoms with Gasteiger partial charge in [-0.15, -0.1) is 0 Å². The van der Waals surface area contributed by atoms with Crippen molar-refractivity contribution < 1.29 is 13.9 Å². The van der Waals surface area contributed by atoms with Gasteiger partial charge in [-0.2, -0.15) is 4.39 Å². The van der Waals surface area contributed by atoms with Crippen LogP contribution < -0.4 is 15.8 Å². The minimum atomic E-state index is -0.719. The summed E-state index contributed by atoms with van der Waals surface area (Å²) in [6, 6.07) is 18.0. The van der Waals surface area contributed by atoms with Gasteiger partial charge in [0.15, 0.2) is 0 Å². The molecule has 0 aliphatic carbocycles. The van der Waals surface area contributed by atoms with E-state index in [1.54, 1.807) is 0 Å². The Hall–Kier alpha value is -3.41. The Morgan fingerprint density at radius 2 is 1.80 bits per heavy atom. The van der Waals surface area contributed by atoms with Crippen LogP contribution in [0.5, 0.6) is 11.5 Å². The van der Waals surface area contributed by atoms with Gasteiger partial charge in [0.2, 0.25) is 5.95 Å². The van der Waals surface area contributed by atoms with Crippen molar-refractivity contribution >= 4 is 11.7 Å². The quantitative estimate of drug-likeness (QED) is 0.522. The Balaban J connectivity index is 1.60. The predicted molar refractivity (Wildman–Crippen MR) is 116 cm³/mol. The maximum absolute atomic E-state index is 13.0. The third-order valence-electron chi connectivity index (χ3n) is 5.13. The molecule has 0 fully saturated rings. The number of pyridine rings is 1. The molecule has 0 saturated carbocycles. The van der Waals surface area contributed by atoms with Gasteiger partial charge in [0.25, 0.3) is 5.91 Å². The van der Waals surface area contributed by atoms with Crippen LogP contribution in [-0.2, 0) is 6.54 Å². The van der Waals surface area contributed by atoms with Gasteiger partial charge in [0.1, 0.15) is 17.3 Å². The first-order chi connectivity index (χ1) is 14.3. The summed E-state index contributed by atoms with van der Waals surface area (Å²) in [5.41, 5.74) is 7.89. The number of nitrogen functional groups attached to an aromatic ring is 1. The lowest BCUT2D eigenvalue weighted by atomic mass is 9.90. The topological polar surface area (TPSA) is 77.2 Å². The fraction of sp³-hybridized carbons (Fsp3) is 0.250. The second-order valence-electron chi connectivity index (χ2n) is 7.60. The molecule has 1 heterocycles. The van der Waals surface area contributed by atoms with E-state index in [-0.39, 0.29) is 11.4 Å². The molecule has 0 spiro atoms. The van der Waals surface area contributed by atoms with Crippen LogP contribution in [0.25, 0.3) is 0 Å². The van der Waals surface area contributed by atoms with Crippen molar-refractivity contribution in [2.24, 2.45) is 5.92 Å². The summed E-state index contributed by atoms with van der Waals surface area (Å²) in [6.45, 7) is 6.92. The average molecular weight is 407 g/mol. The summed E-state index contributed by atoms with van der Waals surface area (Å²) < 4.78 is 19.0. The Bertz CT molecular complexity index is 1020. The number of nitrogens with one attached hydrogen (secondary N) is 1. The van der Waals surface area contributed by atoms with Crippen LogP contribution in [-0.4, -0.2) is 10.9 Å². The molecule has 3 N–H and O–H groups in total. The van der Waals surface area contributed by atoms with E-state index in [2.05, 4.69) is 43.2 Å². The number of nitrogens with two attached hydrogens (primary N) is 1. The summed E-state index contributed by atoms with van der Waals surface area (Å²) in [4.78, 5) is 15.7. The SMILES string of the molecule is CC(C)C(C)c1cccc(Oc2ccc(CNC(=O)c3ccc(F)nc3N)cc2)c1. The largest absolute Gasteiger partial charge is 0.457 e. The second-order valence-corrected chi connectivity index (χ2v) is 7.60. The number of rotatable bonds is 7. The molecule has 1 amide bonds. The van der Waals surface area contributed by atoms with E-state index < -0.39 is 11.9 Å². The van der Waals surface area contributed by atoms with Crippen LogP contribution in [0.2, 0.25) is 0 Å². The van der Waals surface area contributed by atoms with E-state index in [1.165, 1.54) is 11.6 Å². The number of aromatic nitrogens is 1. The maximum Gasteiger partial charge on any atom is 0.255 e. The average Bonchev–Trinajstić information content (AvgIpc) is 2.72. The molecule has 3 rings (SSSR count). The Morgan fingerprint density at radius 3 is 2.47 bits per heavy atom. The highest BCUT2D eigenvalue weighted by atomic mass is 19.1. The van der Waals surface area contributed by atoms with E-state index in [4.69, 9.17) is 10.5 Å². The van der Waals surface area contributed by atoms with E-state index >= 15 is 0 Å². The Kier molecular flexibility index (Phi) is 6.67. The van der Waals surface area contributed by atoms with Crippen LogP contribution >= 0.6 is 0 Å². The zero-order valence-electron chi connectivity index (χ0n) is 17.4. The van der Waals surface area contributed by atoms with Gasteiger partial charge in [-0.1, -0.05) is 45.0 Å². The number of nitrogens with zero attached hydrogens (tertiary/aromatic N) is 1. The zero-order chi connectivity index (χ0) is 21.7. The van der Waals surface area contributed by atoms with Gasteiger partial charge < -0.3 is 15.8 Å². The van der Waals surface area contributed by atoms with Crippen molar-refractivity contribution in [3.63, 3.8) is 0 Å². The third-order valence-corrected chi connectivity index (χ3v) is 5.13. The first kappa shape index (κ1) is 21.3. The molecule has 5 nitrogen and oxygen atoms in total. The van der Waals surface area contributed by atoms with E-state index in [1.807, 2.05) is 36.4 Å². The number of benzene rings is 2. The summed E-state index contributed by atoms with van der Waals surface area (Å²) in [5, 5.41) is 2.75. The van der Waals surface area contributed by atoms with Crippen LogP contribution in [0, 0.1) is 11.9 Å². The first-order valence-corrected chi connectivity index (χ1v) is 9.90. The number of hydrogen-bond acceptors (Lipinski definition) is 4. The third kappa shape index (κ3) is 5.35. The fourth-order valence-corrected chi connectivity index (χ4v) is 2.98. The number of anilines is 1. The summed E-state index contributed by atoms with van der Waals surface area (Å²) in [6.07, 6.45) is 0. The number of ether oxygens (including phenoxy) is 1. The van der Waals surface area contributed by atoms with Crippen LogP contribution in [0.15, 0.2) is 60.7 Å². The maximum atomic E-state index is 13.0. The van der Waals surface area contributed by atoms with Gasteiger partial charge in [-0.3, -0.25) is 4.79 Å². The van der Waals surface area contributed by atoms with Crippen molar-refractivity contribution in [1.82, 2.24) is 10.3 Å². The van der Waals surface area contributed by atoms with Crippen molar-refractivity contribution in [1.29, 1.82) is 0 Å². The van der Waals surface area contributed by atoms with Crippen LogP contribution in [0.4, 0.5) is 10.2 Å². The van der Waals surface area contributed by atoms with Gasteiger partial charge in [0.05, 0.1) is 5.56 Å². The van der Waals surface area contributed by atoms with E-state index in [9.17, 15) is 9.18 Å². The second kappa shape index (κ2) is 9.39. The predicted octanol–water partition coefficient (Wildman–Crippen LogP) is 5.28. The van der Waals surface area contributed by atoms with Crippen molar-refractivity contribution in [3.05, 3.63) is 83.3 Å². The number of carbonyl (C=O) groups is 1. The van der Waals surface area contributed by atoms with Crippen molar-refractivity contribution in [3.8, 4) is 11.5 Å². The molecule has 1 atom stereocenters. The smallest absolute Gasteiger partial charge is 0.255 e. The minimum absolute atomic E-state index is 0.134. The lowest BCUT2D eigenvalue weighted by Crippen LogP contribution is -2.24. The summed E-state index contributed by atoms with van der Waals surface area (Å²) in [7, 11) is 0. The van der Waals surface area contributed by atoms with Crippen LogP contribution in [0.3, 0.4) is 0 Å². The van der Waals surface area contributed by atoms with Crippen molar-refractivity contribution in [2.75, 3.05) is 5.73 Å². The normalized spacial score (nSPS) is 11.9.